The van der Waals surface area contributed by atoms with Crippen LogP contribution in [0.15, 0.2) is 24.3 Å². The van der Waals surface area contributed by atoms with Crippen molar-refractivity contribution >= 4 is 23.2 Å². The van der Waals surface area contributed by atoms with Gasteiger partial charge in [-0.15, -0.1) is 23.4 Å². The van der Waals surface area contributed by atoms with Crippen LogP contribution in [-0.2, 0) is 0 Å². The molecule has 0 unspecified atom stereocenters. The van der Waals surface area contributed by atoms with E-state index in [1.807, 2.05) is 0 Å². The number of alkyl halides is 3. The van der Waals surface area contributed by atoms with Gasteiger partial charge in [-0.3, -0.25) is 0 Å². The summed E-state index contributed by atoms with van der Waals surface area (Å²) in [4.78, 5) is 3.68. The second-order valence-electron chi connectivity index (χ2n) is 3.30. The zero-order valence-corrected chi connectivity index (χ0v) is 10.9. The Kier molecular flexibility index (Phi) is 4.15. The Morgan fingerprint density at radius 2 is 1.55 bits per heavy atom. The second-order valence-corrected chi connectivity index (χ2v) is 3.99. The first kappa shape index (κ1) is 14.6. The van der Waals surface area contributed by atoms with Crippen LogP contribution in [0, 0.1) is 0 Å². The fourth-order valence-electron chi connectivity index (χ4n) is 1.17. The highest BCUT2D eigenvalue weighted by Crippen LogP contribution is 2.29. The number of ether oxygens (including phenoxy) is 2. The molecule has 5 nitrogen and oxygen atoms in total. The molecule has 0 saturated heterocycles. The van der Waals surface area contributed by atoms with Crippen molar-refractivity contribution in [2.75, 3.05) is 0 Å². The summed E-state index contributed by atoms with van der Waals surface area (Å²) in [6.45, 7) is 0. The molecule has 0 N–H and O–H groups in total. The highest BCUT2D eigenvalue weighted by Gasteiger charge is 2.31. The van der Waals surface area contributed by atoms with Crippen LogP contribution in [-0.4, -0.2) is 21.5 Å². The summed E-state index contributed by atoms with van der Waals surface area (Å²) in [5.74, 6) is -0.316. The SMILES string of the molecule is FC(F)(F)Oc1ccc(Oc2nc(Cl)nnc2Cl)cc1. The van der Waals surface area contributed by atoms with Gasteiger partial charge in [-0.05, 0) is 35.9 Å². The molecule has 1 heterocycles. The van der Waals surface area contributed by atoms with Gasteiger partial charge in [-0.1, -0.05) is 11.6 Å². The molecule has 0 amide bonds. The smallest absolute Gasteiger partial charge is 0.436 e. The number of halogens is 5. The van der Waals surface area contributed by atoms with Gasteiger partial charge >= 0.3 is 6.36 Å². The maximum atomic E-state index is 12.0. The molecular weight excluding hydrogens is 322 g/mol. The first-order valence-electron chi connectivity index (χ1n) is 4.93. The lowest BCUT2D eigenvalue weighted by atomic mass is 10.3. The summed E-state index contributed by atoms with van der Waals surface area (Å²) >= 11 is 11.2. The third-order valence-corrected chi connectivity index (χ3v) is 2.26. The molecule has 10 heteroatoms. The molecule has 1 aromatic carbocycles. The zero-order chi connectivity index (χ0) is 14.8. The Morgan fingerprint density at radius 3 is 2.15 bits per heavy atom. The van der Waals surface area contributed by atoms with Gasteiger partial charge in [-0.25, -0.2) is 0 Å². The van der Waals surface area contributed by atoms with Gasteiger partial charge in [0.1, 0.15) is 11.5 Å². The fourth-order valence-corrected chi connectivity index (χ4v) is 1.40. The van der Waals surface area contributed by atoms with Gasteiger partial charge in [0.15, 0.2) is 0 Å². The van der Waals surface area contributed by atoms with E-state index >= 15 is 0 Å². The number of aromatic nitrogens is 3. The topological polar surface area (TPSA) is 57.1 Å². The van der Waals surface area contributed by atoms with Crippen molar-refractivity contribution in [1.82, 2.24) is 15.2 Å². The molecule has 2 aromatic rings. The fraction of sp³-hybridized carbons (Fsp3) is 0.100. The summed E-state index contributed by atoms with van der Waals surface area (Å²) in [6.07, 6.45) is -4.75. The quantitative estimate of drug-likeness (QED) is 0.857. The maximum Gasteiger partial charge on any atom is 0.573 e. The summed E-state index contributed by atoms with van der Waals surface area (Å²) in [7, 11) is 0. The van der Waals surface area contributed by atoms with Crippen molar-refractivity contribution in [2.45, 2.75) is 6.36 Å². The molecule has 20 heavy (non-hydrogen) atoms. The third-order valence-electron chi connectivity index (χ3n) is 1.86. The van der Waals surface area contributed by atoms with Crippen LogP contribution in [0.25, 0.3) is 0 Å². The molecule has 0 atom stereocenters. The zero-order valence-electron chi connectivity index (χ0n) is 9.36. The summed E-state index contributed by atoms with van der Waals surface area (Å²) in [5, 5.41) is 6.53. The predicted octanol–water partition coefficient (Wildman–Crippen LogP) is 3.87. The Bertz CT molecular complexity index is 608. The standard InChI is InChI=1S/C10H4Cl2F3N3O2/c11-7-8(16-9(12)18-17-7)19-5-1-3-6(4-2-5)20-10(13,14)15/h1-4H. The number of benzene rings is 1. The molecule has 0 fully saturated rings. The van der Waals surface area contributed by atoms with Crippen LogP contribution >= 0.6 is 23.2 Å². The maximum absolute atomic E-state index is 12.0. The summed E-state index contributed by atoms with van der Waals surface area (Å²) in [5.41, 5.74) is 0. The van der Waals surface area contributed by atoms with E-state index in [1.54, 1.807) is 0 Å². The van der Waals surface area contributed by atoms with E-state index in [2.05, 4.69) is 19.9 Å². The van der Waals surface area contributed by atoms with Gasteiger partial charge in [-0.2, -0.15) is 4.98 Å². The molecule has 106 valence electrons. The molecule has 0 aliphatic heterocycles. The minimum atomic E-state index is -4.75. The number of hydrogen-bond donors (Lipinski definition) is 0. The largest absolute Gasteiger partial charge is 0.573 e. The van der Waals surface area contributed by atoms with Crippen molar-refractivity contribution in [2.24, 2.45) is 0 Å². The Labute approximate surface area is 120 Å². The van der Waals surface area contributed by atoms with Gasteiger partial charge in [0.2, 0.25) is 10.4 Å². The van der Waals surface area contributed by atoms with Gasteiger partial charge in [0.05, 0.1) is 0 Å². The normalized spacial score (nSPS) is 11.2. The lowest BCUT2D eigenvalue weighted by molar-refractivity contribution is -0.274. The monoisotopic (exact) mass is 325 g/mol. The van der Waals surface area contributed by atoms with E-state index in [0.717, 1.165) is 12.1 Å². The van der Waals surface area contributed by atoms with Crippen LogP contribution < -0.4 is 9.47 Å². The van der Waals surface area contributed by atoms with Gasteiger partial charge < -0.3 is 9.47 Å². The first-order valence-corrected chi connectivity index (χ1v) is 5.68. The van der Waals surface area contributed by atoms with E-state index < -0.39 is 6.36 Å². The van der Waals surface area contributed by atoms with Crippen LogP contribution in [0.2, 0.25) is 10.4 Å². The second kappa shape index (κ2) is 5.68. The molecule has 0 saturated carbocycles. The average molecular weight is 326 g/mol. The number of rotatable bonds is 3. The van der Waals surface area contributed by atoms with Crippen LogP contribution in [0.4, 0.5) is 13.2 Å². The van der Waals surface area contributed by atoms with Crippen molar-refractivity contribution < 1.29 is 22.6 Å². The van der Waals surface area contributed by atoms with Crippen molar-refractivity contribution in [3.63, 3.8) is 0 Å². The van der Waals surface area contributed by atoms with Gasteiger partial charge in [0, 0.05) is 0 Å². The molecular formula is C10H4Cl2F3N3O2. The van der Waals surface area contributed by atoms with Gasteiger partial charge in [0.25, 0.3) is 5.88 Å². The van der Waals surface area contributed by atoms with E-state index in [4.69, 9.17) is 27.9 Å². The minimum absolute atomic E-state index is 0.115. The van der Waals surface area contributed by atoms with E-state index in [-0.39, 0.29) is 27.8 Å². The van der Waals surface area contributed by atoms with Crippen molar-refractivity contribution in [3.05, 3.63) is 34.7 Å². The molecule has 2 rings (SSSR count). The highest BCUT2D eigenvalue weighted by molar-refractivity contribution is 6.31. The molecule has 0 aliphatic carbocycles. The highest BCUT2D eigenvalue weighted by atomic mass is 35.5. The Morgan fingerprint density at radius 1 is 0.950 bits per heavy atom. The average Bonchev–Trinajstić information content (AvgIpc) is 2.34. The molecule has 0 radical (unpaired) electrons. The van der Waals surface area contributed by atoms with Crippen LogP contribution in [0.1, 0.15) is 0 Å². The third kappa shape index (κ3) is 4.10. The summed E-state index contributed by atoms with van der Waals surface area (Å²) < 4.78 is 44.8. The van der Waals surface area contributed by atoms with E-state index in [1.165, 1.54) is 12.1 Å². The Balaban J connectivity index is 2.13. The van der Waals surface area contributed by atoms with Crippen molar-refractivity contribution in [1.29, 1.82) is 0 Å². The Hall–Kier alpha value is -1.80. The van der Waals surface area contributed by atoms with E-state index in [9.17, 15) is 13.2 Å². The first-order chi connectivity index (χ1) is 9.33. The van der Waals surface area contributed by atoms with Crippen LogP contribution in [0.5, 0.6) is 17.4 Å². The van der Waals surface area contributed by atoms with E-state index in [0.29, 0.717) is 0 Å². The summed E-state index contributed by atoms with van der Waals surface area (Å²) in [6, 6.07) is 4.64. The lowest BCUT2D eigenvalue weighted by Crippen LogP contribution is -2.16. The molecule has 1 aromatic heterocycles. The minimum Gasteiger partial charge on any atom is -0.436 e. The lowest BCUT2D eigenvalue weighted by Gasteiger charge is -2.09. The van der Waals surface area contributed by atoms with Crippen molar-refractivity contribution in [3.8, 4) is 17.4 Å². The molecule has 0 aliphatic rings. The molecule has 0 bridgehead atoms. The number of nitrogens with zero attached hydrogens (tertiary/aromatic N) is 3. The predicted molar refractivity (Wildman–Crippen MR) is 63.0 cm³/mol. The number of hydrogen-bond acceptors (Lipinski definition) is 5. The molecule has 0 spiro atoms. The van der Waals surface area contributed by atoms with Crippen LogP contribution in [0.3, 0.4) is 0 Å².